The van der Waals surface area contributed by atoms with E-state index in [0.717, 1.165) is 0 Å². The fraction of sp³-hybridized carbons (Fsp3) is 0. The molecular formula is C10H6BrClN2O2. The molecule has 16 heavy (non-hydrogen) atoms. The number of halogens is 2. The highest BCUT2D eigenvalue weighted by Crippen LogP contribution is 2.22. The lowest BCUT2D eigenvalue weighted by Gasteiger charge is -2.04. The van der Waals surface area contributed by atoms with Crippen LogP contribution in [-0.2, 0) is 0 Å². The van der Waals surface area contributed by atoms with Crippen LogP contribution in [0.1, 0.15) is 10.4 Å². The third kappa shape index (κ3) is 2.43. The summed E-state index contributed by atoms with van der Waals surface area (Å²) in [6, 6.07) is 6.48. The monoisotopic (exact) mass is 300 g/mol. The Hall–Kier alpha value is -1.33. The molecule has 1 aromatic heterocycles. The highest BCUT2D eigenvalue weighted by atomic mass is 79.9. The van der Waals surface area contributed by atoms with E-state index in [0.29, 0.717) is 20.9 Å². The van der Waals surface area contributed by atoms with Gasteiger partial charge in [-0.25, -0.2) is 0 Å². The minimum atomic E-state index is -0.280. The second-order valence-corrected chi connectivity index (χ2v) is 4.25. The lowest BCUT2D eigenvalue weighted by Crippen LogP contribution is -2.12. The van der Waals surface area contributed by atoms with Gasteiger partial charge in [-0.15, -0.1) is 0 Å². The maximum atomic E-state index is 11.8. The van der Waals surface area contributed by atoms with Crippen molar-refractivity contribution < 1.29 is 9.32 Å². The van der Waals surface area contributed by atoms with Crippen molar-refractivity contribution in [2.24, 2.45) is 0 Å². The van der Waals surface area contributed by atoms with Crippen LogP contribution >= 0.6 is 27.5 Å². The van der Waals surface area contributed by atoms with Crippen LogP contribution in [0.4, 0.5) is 5.82 Å². The largest absolute Gasteiger partial charge is 0.363 e. The van der Waals surface area contributed by atoms with Gasteiger partial charge in [-0.3, -0.25) is 4.79 Å². The Bertz CT molecular complexity index is 514. The molecule has 1 aromatic carbocycles. The van der Waals surface area contributed by atoms with Crippen LogP contribution in [0.2, 0.25) is 5.02 Å². The second kappa shape index (κ2) is 4.67. The Morgan fingerprint density at radius 2 is 2.25 bits per heavy atom. The average Bonchev–Trinajstić information content (AvgIpc) is 2.70. The maximum Gasteiger partial charge on any atom is 0.258 e. The molecular weight excluding hydrogens is 295 g/mol. The molecule has 0 fully saturated rings. The Labute approximate surface area is 105 Å². The molecule has 2 rings (SSSR count). The first-order valence-corrected chi connectivity index (χ1v) is 5.50. The number of anilines is 1. The van der Waals surface area contributed by atoms with Crippen LogP contribution in [0.15, 0.2) is 39.5 Å². The van der Waals surface area contributed by atoms with Gasteiger partial charge < -0.3 is 9.84 Å². The lowest BCUT2D eigenvalue weighted by molar-refractivity contribution is 0.102. The Kier molecular flexibility index (Phi) is 3.26. The first-order valence-electron chi connectivity index (χ1n) is 4.33. The van der Waals surface area contributed by atoms with Crippen molar-refractivity contribution >= 4 is 39.3 Å². The lowest BCUT2D eigenvalue weighted by atomic mass is 10.2. The van der Waals surface area contributed by atoms with Crippen LogP contribution in [-0.4, -0.2) is 11.1 Å². The van der Waals surface area contributed by atoms with Crippen molar-refractivity contribution in [3.8, 4) is 0 Å². The Balaban J connectivity index is 2.21. The molecule has 0 aliphatic heterocycles. The summed E-state index contributed by atoms with van der Waals surface area (Å²) in [6.07, 6.45) is 1.38. The first-order chi connectivity index (χ1) is 7.66. The minimum Gasteiger partial charge on any atom is -0.363 e. The van der Waals surface area contributed by atoms with Gasteiger partial charge in [0.2, 0.25) is 0 Å². The number of hydrogen-bond acceptors (Lipinski definition) is 3. The van der Waals surface area contributed by atoms with E-state index >= 15 is 0 Å². The van der Waals surface area contributed by atoms with Gasteiger partial charge in [0.1, 0.15) is 6.26 Å². The number of carbonyl (C=O) groups is 1. The van der Waals surface area contributed by atoms with E-state index in [1.165, 1.54) is 6.26 Å². The molecule has 0 radical (unpaired) electrons. The fourth-order valence-electron chi connectivity index (χ4n) is 1.13. The average molecular weight is 302 g/mol. The molecule has 0 saturated heterocycles. The summed E-state index contributed by atoms with van der Waals surface area (Å²) in [4.78, 5) is 11.8. The van der Waals surface area contributed by atoms with E-state index in [2.05, 4.69) is 30.9 Å². The smallest absolute Gasteiger partial charge is 0.258 e. The number of aromatic nitrogens is 1. The summed E-state index contributed by atoms with van der Waals surface area (Å²) in [5.41, 5.74) is 0.479. The number of carbonyl (C=O) groups excluding carboxylic acids is 1. The molecule has 1 N–H and O–H groups in total. The molecule has 4 nitrogen and oxygen atoms in total. The van der Waals surface area contributed by atoms with Gasteiger partial charge in [0, 0.05) is 15.6 Å². The molecule has 0 aliphatic rings. The van der Waals surface area contributed by atoms with Crippen LogP contribution in [0.25, 0.3) is 0 Å². The Morgan fingerprint density at radius 3 is 2.88 bits per heavy atom. The van der Waals surface area contributed by atoms with Crippen molar-refractivity contribution in [2.75, 3.05) is 5.32 Å². The Morgan fingerprint density at radius 1 is 1.44 bits per heavy atom. The summed E-state index contributed by atoms with van der Waals surface area (Å²) in [5, 5.41) is 6.72. The van der Waals surface area contributed by atoms with Gasteiger partial charge in [0.05, 0.1) is 5.56 Å². The summed E-state index contributed by atoms with van der Waals surface area (Å²) in [7, 11) is 0. The molecule has 0 atom stereocenters. The normalized spacial score (nSPS) is 10.1. The van der Waals surface area contributed by atoms with Crippen LogP contribution in [0, 0.1) is 0 Å². The molecule has 0 saturated carbocycles. The van der Waals surface area contributed by atoms with Gasteiger partial charge in [0.25, 0.3) is 5.91 Å². The van der Waals surface area contributed by atoms with Crippen molar-refractivity contribution in [3.63, 3.8) is 0 Å². The highest BCUT2D eigenvalue weighted by molar-refractivity contribution is 9.10. The number of nitrogens with zero attached hydrogens (tertiary/aromatic N) is 1. The first kappa shape index (κ1) is 11.2. The zero-order valence-electron chi connectivity index (χ0n) is 7.91. The van der Waals surface area contributed by atoms with Crippen molar-refractivity contribution in [3.05, 3.63) is 45.6 Å². The minimum absolute atomic E-state index is 0.280. The third-order valence-corrected chi connectivity index (χ3v) is 2.75. The zero-order chi connectivity index (χ0) is 11.5. The molecule has 6 heteroatoms. The van der Waals surface area contributed by atoms with Crippen molar-refractivity contribution in [2.45, 2.75) is 0 Å². The topological polar surface area (TPSA) is 55.1 Å². The standard InChI is InChI=1S/C10H6BrClN2O2/c11-8-5-6(12)1-2-7(8)10(15)13-9-3-4-16-14-9/h1-5H,(H,13,14,15). The molecule has 1 heterocycles. The van der Waals surface area contributed by atoms with Crippen LogP contribution < -0.4 is 5.32 Å². The van der Waals surface area contributed by atoms with Gasteiger partial charge in [-0.1, -0.05) is 16.8 Å². The van der Waals surface area contributed by atoms with E-state index < -0.39 is 0 Å². The highest BCUT2D eigenvalue weighted by Gasteiger charge is 2.11. The summed E-state index contributed by atoms with van der Waals surface area (Å²) in [6.45, 7) is 0. The van der Waals surface area contributed by atoms with Gasteiger partial charge in [-0.2, -0.15) is 0 Å². The SMILES string of the molecule is O=C(Nc1ccon1)c1ccc(Cl)cc1Br. The van der Waals surface area contributed by atoms with Crippen LogP contribution in [0.5, 0.6) is 0 Å². The van der Waals surface area contributed by atoms with Crippen LogP contribution in [0.3, 0.4) is 0 Å². The molecule has 0 unspecified atom stereocenters. The maximum absolute atomic E-state index is 11.8. The third-order valence-electron chi connectivity index (χ3n) is 1.86. The van der Waals surface area contributed by atoms with Gasteiger partial charge in [0.15, 0.2) is 5.82 Å². The number of amides is 1. The fourth-order valence-corrected chi connectivity index (χ4v) is 2.00. The number of hydrogen-bond donors (Lipinski definition) is 1. The van der Waals surface area contributed by atoms with Crippen molar-refractivity contribution in [1.82, 2.24) is 5.16 Å². The quantitative estimate of drug-likeness (QED) is 0.925. The number of benzene rings is 1. The molecule has 0 bridgehead atoms. The molecule has 82 valence electrons. The summed E-state index contributed by atoms with van der Waals surface area (Å²) >= 11 is 9.04. The van der Waals surface area contributed by atoms with Crippen molar-refractivity contribution in [1.29, 1.82) is 0 Å². The van der Waals surface area contributed by atoms with E-state index in [-0.39, 0.29) is 5.91 Å². The predicted molar refractivity (Wildman–Crippen MR) is 63.6 cm³/mol. The molecule has 0 aliphatic carbocycles. The molecule has 2 aromatic rings. The van der Waals surface area contributed by atoms with E-state index in [1.54, 1.807) is 24.3 Å². The molecule has 0 spiro atoms. The number of nitrogens with one attached hydrogen (secondary N) is 1. The van der Waals surface area contributed by atoms with E-state index in [9.17, 15) is 4.79 Å². The molecule has 1 amide bonds. The summed E-state index contributed by atoms with van der Waals surface area (Å²) < 4.78 is 5.23. The van der Waals surface area contributed by atoms with E-state index in [1.807, 2.05) is 0 Å². The van der Waals surface area contributed by atoms with E-state index in [4.69, 9.17) is 11.6 Å². The zero-order valence-corrected chi connectivity index (χ0v) is 10.2. The predicted octanol–water partition coefficient (Wildman–Crippen LogP) is 3.34. The second-order valence-electron chi connectivity index (χ2n) is 2.96. The summed E-state index contributed by atoms with van der Waals surface area (Å²) in [5.74, 6) is 0.0873. The van der Waals surface area contributed by atoms with Gasteiger partial charge >= 0.3 is 0 Å². The number of rotatable bonds is 2. The van der Waals surface area contributed by atoms with Gasteiger partial charge in [-0.05, 0) is 34.1 Å².